The Bertz CT molecular complexity index is 242. The van der Waals surface area contributed by atoms with Crippen LogP contribution in [0.2, 0.25) is 0 Å². The van der Waals surface area contributed by atoms with Crippen molar-refractivity contribution >= 4 is 10.2 Å². The van der Waals surface area contributed by atoms with E-state index in [-0.39, 0.29) is 0 Å². The van der Waals surface area contributed by atoms with E-state index in [4.69, 9.17) is 5.14 Å². The Morgan fingerprint density at radius 1 is 1.33 bits per heavy atom. The van der Waals surface area contributed by atoms with Crippen LogP contribution in [0, 0.1) is 0 Å². The summed E-state index contributed by atoms with van der Waals surface area (Å²) < 4.78 is 36.2. The first-order valence-corrected chi connectivity index (χ1v) is 5.48. The van der Waals surface area contributed by atoms with Crippen molar-refractivity contribution < 1.29 is 12.8 Å². The standard InChI is InChI=1S/C6H13FN2O2S/c7-5-3-1-2-4-6(5)9-12(8,10)11/h5-6,9H,1-4H2,(H2,8,10,11)/t5-,6-/m1/s1. The van der Waals surface area contributed by atoms with Gasteiger partial charge in [0.05, 0.1) is 6.04 Å². The molecule has 12 heavy (non-hydrogen) atoms. The predicted molar refractivity (Wildman–Crippen MR) is 43.4 cm³/mol. The van der Waals surface area contributed by atoms with E-state index in [0.717, 1.165) is 12.8 Å². The molecular formula is C6H13FN2O2S. The highest BCUT2D eigenvalue weighted by atomic mass is 32.2. The minimum Gasteiger partial charge on any atom is -0.246 e. The summed E-state index contributed by atoms with van der Waals surface area (Å²) in [5.74, 6) is 0. The van der Waals surface area contributed by atoms with E-state index >= 15 is 0 Å². The molecule has 0 unspecified atom stereocenters. The van der Waals surface area contributed by atoms with Gasteiger partial charge in [-0.15, -0.1) is 0 Å². The van der Waals surface area contributed by atoms with Crippen LogP contribution in [0.1, 0.15) is 25.7 Å². The fraction of sp³-hybridized carbons (Fsp3) is 1.00. The monoisotopic (exact) mass is 196 g/mol. The van der Waals surface area contributed by atoms with Gasteiger partial charge < -0.3 is 0 Å². The smallest absolute Gasteiger partial charge is 0.246 e. The molecule has 1 saturated carbocycles. The predicted octanol–water partition coefficient (Wildman–Crippen LogP) is 0.0602. The number of nitrogens with two attached hydrogens (primary N) is 1. The summed E-state index contributed by atoms with van der Waals surface area (Å²) >= 11 is 0. The fourth-order valence-electron chi connectivity index (χ4n) is 1.43. The Kier molecular flexibility index (Phi) is 3.03. The SMILES string of the molecule is NS(=O)(=O)N[C@@H]1CCCC[C@H]1F. The maximum absolute atomic E-state index is 13.0. The number of rotatable bonds is 2. The van der Waals surface area contributed by atoms with Crippen LogP contribution >= 0.6 is 0 Å². The highest BCUT2D eigenvalue weighted by Crippen LogP contribution is 2.21. The average Bonchev–Trinajstić information content (AvgIpc) is 1.91. The summed E-state index contributed by atoms with van der Waals surface area (Å²) in [6.45, 7) is 0. The summed E-state index contributed by atoms with van der Waals surface area (Å²) in [5.41, 5.74) is 0. The normalized spacial score (nSPS) is 31.8. The molecule has 0 radical (unpaired) electrons. The first-order chi connectivity index (χ1) is 5.49. The molecule has 0 amide bonds. The molecule has 4 nitrogen and oxygen atoms in total. The molecule has 1 rings (SSSR count). The topological polar surface area (TPSA) is 72.2 Å². The Hall–Kier alpha value is -0.200. The molecule has 0 bridgehead atoms. The third kappa shape index (κ3) is 3.04. The Labute approximate surface area is 71.5 Å². The van der Waals surface area contributed by atoms with E-state index in [1.807, 2.05) is 0 Å². The summed E-state index contributed by atoms with van der Waals surface area (Å²) in [4.78, 5) is 0. The lowest BCUT2D eigenvalue weighted by molar-refractivity contribution is 0.206. The lowest BCUT2D eigenvalue weighted by atomic mass is 9.95. The third-order valence-electron chi connectivity index (χ3n) is 2.00. The van der Waals surface area contributed by atoms with Crippen LogP contribution in [0.25, 0.3) is 0 Å². The van der Waals surface area contributed by atoms with Gasteiger partial charge >= 0.3 is 0 Å². The zero-order chi connectivity index (χ0) is 9.19. The summed E-state index contributed by atoms with van der Waals surface area (Å²) in [6, 6.07) is -0.617. The van der Waals surface area contributed by atoms with Gasteiger partial charge in [0, 0.05) is 0 Å². The summed E-state index contributed by atoms with van der Waals surface area (Å²) in [7, 11) is -3.75. The molecule has 0 aliphatic heterocycles. The molecule has 72 valence electrons. The van der Waals surface area contributed by atoms with Crippen LogP contribution < -0.4 is 9.86 Å². The molecule has 0 heterocycles. The molecule has 0 spiro atoms. The van der Waals surface area contributed by atoms with Crippen molar-refractivity contribution in [3.8, 4) is 0 Å². The highest BCUT2D eigenvalue weighted by molar-refractivity contribution is 7.87. The maximum atomic E-state index is 13.0. The van der Waals surface area contributed by atoms with Crippen molar-refractivity contribution in [2.45, 2.75) is 37.9 Å². The molecule has 3 N–H and O–H groups in total. The lowest BCUT2D eigenvalue weighted by Gasteiger charge is -2.25. The van der Waals surface area contributed by atoms with Crippen molar-refractivity contribution in [3.63, 3.8) is 0 Å². The van der Waals surface area contributed by atoms with Crippen molar-refractivity contribution in [2.24, 2.45) is 5.14 Å². The van der Waals surface area contributed by atoms with Crippen LogP contribution in [0.15, 0.2) is 0 Å². The highest BCUT2D eigenvalue weighted by Gasteiger charge is 2.26. The molecule has 0 aromatic rings. The van der Waals surface area contributed by atoms with Crippen molar-refractivity contribution in [3.05, 3.63) is 0 Å². The second-order valence-electron chi connectivity index (χ2n) is 3.07. The quantitative estimate of drug-likeness (QED) is 0.655. The Morgan fingerprint density at radius 3 is 2.42 bits per heavy atom. The van der Waals surface area contributed by atoms with Gasteiger partial charge in [-0.25, -0.2) is 9.53 Å². The van der Waals surface area contributed by atoms with Gasteiger partial charge in [-0.1, -0.05) is 12.8 Å². The van der Waals surface area contributed by atoms with E-state index in [1.54, 1.807) is 0 Å². The van der Waals surface area contributed by atoms with Crippen LogP contribution in [0.5, 0.6) is 0 Å². The Balaban J connectivity index is 2.50. The number of hydrogen-bond donors (Lipinski definition) is 2. The molecule has 6 heteroatoms. The summed E-state index contributed by atoms with van der Waals surface area (Å²) in [5, 5.41) is 4.72. The fourth-order valence-corrected chi connectivity index (χ4v) is 2.12. The van der Waals surface area contributed by atoms with Crippen LogP contribution in [-0.2, 0) is 10.2 Å². The van der Waals surface area contributed by atoms with E-state index in [1.165, 1.54) is 0 Å². The van der Waals surface area contributed by atoms with Crippen molar-refractivity contribution in [1.82, 2.24) is 4.72 Å². The largest absolute Gasteiger partial charge is 0.274 e. The molecular weight excluding hydrogens is 183 g/mol. The van der Waals surface area contributed by atoms with E-state index < -0.39 is 22.4 Å². The minimum absolute atomic E-state index is 0.424. The second-order valence-corrected chi connectivity index (χ2v) is 4.40. The summed E-state index contributed by atoms with van der Waals surface area (Å²) in [6.07, 6.45) is 1.56. The zero-order valence-corrected chi connectivity index (χ0v) is 7.48. The third-order valence-corrected chi connectivity index (χ3v) is 2.63. The molecule has 1 fully saturated rings. The molecule has 0 aromatic carbocycles. The van der Waals surface area contributed by atoms with Crippen LogP contribution in [0.4, 0.5) is 4.39 Å². The Morgan fingerprint density at radius 2 is 1.92 bits per heavy atom. The number of nitrogens with one attached hydrogen (secondary N) is 1. The van der Waals surface area contributed by atoms with Gasteiger partial charge in [-0.05, 0) is 12.8 Å². The van der Waals surface area contributed by atoms with Gasteiger partial charge in [0.2, 0.25) is 0 Å². The lowest BCUT2D eigenvalue weighted by Crippen LogP contribution is -2.45. The first kappa shape index (κ1) is 9.88. The van der Waals surface area contributed by atoms with E-state index in [0.29, 0.717) is 12.8 Å². The molecule has 1 aliphatic rings. The van der Waals surface area contributed by atoms with Gasteiger partial charge in [0.15, 0.2) is 0 Å². The first-order valence-electron chi connectivity index (χ1n) is 3.93. The zero-order valence-electron chi connectivity index (χ0n) is 6.66. The van der Waals surface area contributed by atoms with Crippen molar-refractivity contribution in [2.75, 3.05) is 0 Å². The van der Waals surface area contributed by atoms with Gasteiger partial charge in [0.1, 0.15) is 6.17 Å². The maximum Gasteiger partial charge on any atom is 0.274 e. The average molecular weight is 196 g/mol. The van der Waals surface area contributed by atoms with E-state index in [9.17, 15) is 12.8 Å². The number of alkyl halides is 1. The van der Waals surface area contributed by atoms with E-state index in [2.05, 4.69) is 4.72 Å². The number of hydrogen-bond acceptors (Lipinski definition) is 2. The van der Waals surface area contributed by atoms with Crippen LogP contribution in [0.3, 0.4) is 0 Å². The van der Waals surface area contributed by atoms with Crippen molar-refractivity contribution in [1.29, 1.82) is 0 Å². The van der Waals surface area contributed by atoms with Gasteiger partial charge in [-0.2, -0.15) is 13.1 Å². The molecule has 0 saturated heterocycles. The molecule has 2 atom stereocenters. The second kappa shape index (κ2) is 3.68. The molecule has 0 aromatic heterocycles. The molecule has 1 aliphatic carbocycles. The number of halogens is 1. The minimum atomic E-state index is -3.75. The van der Waals surface area contributed by atoms with Crippen LogP contribution in [-0.4, -0.2) is 20.6 Å². The van der Waals surface area contributed by atoms with Gasteiger partial charge in [0.25, 0.3) is 10.2 Å². The van der Waals surface area contributed by atoms with Gasteiger partial charge in [-0.3, -0.25) is 0 Å².